The predicted molar refractivity (Wildman–Crippen MR) is 255 cm³/mol. The van der Waals surface area contributed by atoms with Crippen LogP contribution in [0.3, 0.4) is 0 Å². The van der Waals surface area contributed by atoms with Gasteiger partial charge in [0.1, 0.15) is 0 Å². The van der Waals surface area contributed by atoms with E-state index in [-0.39, 0.29) is 0 Å². The molecule has 0 radical (unpaired) electrons. The molecule has 292 valence electrons. The third-order valence-corrected chi connectivity index (χ3v) is 12.1. The van der Waals surface area contributed by atoms with Crippen LogP contribution >= 0.6 is 0 Å². The molecule has 1 aliphatic carbocycles. The molecule has 0 saturated carbocycles. The van der Waals surface area contributed by atoms with E-state index in [0.29, 0.717) is 17.5 Å². The van der Waals surface area contributed by atoms with Gasteiger partial charge in [-0.25, -0.2) is 15.0 Å². The molecule has 12 rings (SSSR count). The van der Waals surface area contributed by atoms with Crippen molar-refractivity contribution in [2.24, 2.45) is 0 Å². The summed E-state index contributed by atoms with van der Waals surface area (Å²) in [5.74, 6) is 1.85. The molecule has 0 amide bonds. The van der Waals surface area contributed by atoms with Crippen LogP contribution in [0.1, 0.15) is 12.8 Å². The molecule has 0 bridgehead atoms. The molecular formula is C56H38N6. The van der Waals surface area contributed by atoms with Gasteiger partial charge in [0.25, 0.3) is 0 Å². The fourth-order valence-electron chi connectivity index (χ4n) is 9.13. The molecule has 0 fully saturated rings. The lowest BCUT2D eigenvalue weighted by molar-refractivity contribution is 0.979. The summed E-state index contributed by atoms with van der Waals surface area (Å²) in [6.45, 7) is 0. The van der Waals surface area contributed by atoms with Crippen LogP contribution in [0.25, 0.3) is 112 Å². The van der Waals surface area contributed by atoms with Crippen molar-refractivity contribution < 1.29 is 0 Å². The minimum Gasteiger partial charge on any atom is -0.313 e. The molecule has 7 aromatic carbocycles. The van der Waals surface area contributed by atoms with Crippen molar-refractivity contribution in [1.82, 2.24) is 29.1 Å². The van der Waals surface area contributed by atoms with Crippen molar-refractivity contribution in [3.63, 3.8) is 0 Å². The van der Waals surface area contributed by atoms with Gasteiger partial charge in [-0.1, -0.05) is 146 Å². The van der Waals surface area contributed by atoms with Crippen LogP contribution in [-0.4, -0.2) is 29.1 Å². The van der Waals surface area contributed by atoms with Crippen LogP contribution in [-0.2, 0) is 0 Å². The van der Waals surface area contributed by atoms with Gasteiger partial charge in [-0.05, 0) is 78.6 Å². The molecule has 4 aromatic heterocycles. The molecular weight excluding hydrogens is 757 g/mol. The molecule has 62 heavy (non-hydrogen) atoms. The molecule has 0 atom stereocenters. The Morgan fingerprint density at radius 3 is 1.61 bits per heavy atom. The van der Waals surface area contributed by atoms with Gasteiger partial charge in [0.15, 0.2) is 17.5 Å². The monoisotopic (exact) mass is 794 g/mol. The largest absolute Gasteiger partial charge is 0.313 e. The number of nitrogens with zero attached hydrogens (tertiary/aromatic N) is 6. The number of allylic oxidation sites excluding steroid dienone is 4. The molecule has 6 heteroatoms. The van der Waals surface area contributed by atoms with Gasteiger partial charge in [-0.3, -0.25) is 4.98 Å². The summed E-state index contributed by atoms with van der Waals surface area (Å²) < 4.78 is 4.85. The van der Waals surface area contributed by atoms with E-state index in [1.165, 1.54) is 43.8 Å². The van der Waals surface area contributed by atoms with Crippen LogP contribution in [0.15, 0.2) is 206 Å². The summed E-state index contributed by atoms with van der Waals surface area (Å²) in [7, 11) is 0. The maximum atomic E-state index is 5.00. The first-order valence-corrected chi connectivity index (χ1v) is 21.1. The second-order valence-electron chi connectivity index (χ2n) is 15.8. The Labute approximate surface area is 358 Å². The van der Waals surface area contributed by atoms with E-state index in [2.05, 4.69) is 143 Å². The van der Waals surface area contributed by atoms with Gasteiger partial charge in [0.05, 0.1) is 27.8 Å². The van der Waals surface area contributed by atoms with Gasteiger partial charge in [-0.15, -0.1) is 0 Å². The first kappa shape index (κ1) is 35.7. The normalized spacial score (nSPS) is 12.7. The standard InChI is InChI=1S/C56H38N6/c1-4-15-37(16-5-1)54-58-55(38-17-6-2-7-18-38)60-56(59-54)42-31-32-57-49(34-42)41-28-30-48-46-24-11-13-26-51(46)62(53(48)36-41)44-22-14-19-39(33-44)40-27-29-47-45-23-10-12-25-50(45)61(52(47)35-40)43-20-8-3-9-21-43/h1-8,10-20,22-36H,9,21H2. The highest BCUT2D eigenvalue weighted by Gasteiger charge is 2.18. The van der Waals surface area contributed by atoms with Crippen LogP contribution in [0, 0.1) is 0 Å². The molecule has 0 unspecified atom stereocenters. The molecule has 0 aliphatic heterocycles. The zero-order valence-electron chi connectivity index (χ0n) is 33.7. The maximum absolute atomic E-state index is 5.00. The van der Waals surface area contributed by atoms with Crippen molar-refractivity contribution in [3.05, 3.63) is 206 Å². The minimum atomic E-state index is 0.597. The summed E-state index contributed by atoms with van der Waals surface area (Å²) in [6.07, 6.45) is 10.6. The Morgan fingerprint density at radius 1 is 0.387 bits per heavy atom. The zero-order chi connectivity index (χ0) is 41.0. The summed E-state index contributed by atoms with van der Waals surface area (Å²) >= 11 is 0. The van der Waals surface area contributed by atoms with Crippen molar-refractivity contribution >= 4 is 49.3 Å². The van der Waals surface area contributed by atoms with E-state index >= 15 is 0 Å². The Balaban J connectivity index is 0.974. The van der Waals surface area contributed by atoms with Crippen molar-refractivity contribution in [3.8, 4) is 62.2 Å². The van der Waals surface area contributed by atoms with Crippen molar-refractivity contribution in [2.45, 2.75) is 12.8 Å². The highest BCUT2D eigenvalue weighted by Crippen LogP contribution is 2.39. The molecule has 1 aliphatic rings. The first-order valence-electron chi connectivity index (χ1n) is 21.1. The van der Waals surface area contributed by atoms with Crippen molar-refractivity contribution in [1.29, 1.82) is 0 Å². The van der Waals surface area contributed by atoms with Crippen molar-refractivity contribution in [2.75, 3.05) is 0 Å². The first-order chi connectivity index (χ1) is 30.7. The van der Waals surface area contributed by atoms with Crippen LogP contribution in [0.2, 0.25) is 0 Å². The second-order valence-corrected chi connectivity index (χ2v) is 15.8. The lowest BCUT2D eigenvalue weighted by Crippen LogP contribution is -2.00. The minimum absolute atomic E-state index is 0.597. The topological polar surface area (TPSA) is 61.4 Å². The molecule has 0 spiro atoms. The van der Waals surface area contributed by atoms with Gasteiger partial charge < -0.3 is 9.13 Å². The summed E-state index contributed by atoms with van der Waals surface area (Å²) in [5, 5.41) is 4.94. The fraction of sp³-hybridized carbons (Fsp3) is 0.0357. The number of fused-ring (bicyclic) bond motifs is 6. The third kappa shape index (κ3) is 6.11. The van der Waals surface area contributed by atoms with Gasteiger partial charge in [-0.2, -0.15) is 0 Å². The van der Waals surface area contributed by atoms with Crippen LogP contribution in [0.5, 0.6) is 0 Å². The lowest BCUT2D eigenvalue weighted by Gasteiger charge is -2.15. The average molecular weight is 795 g/mol. The third-order valence-electron chi connectivity index (χ3n) is 12.1. The number of rotatable bonds is 7. The maximum Gasteiger partial charge on any atom is 0.164 e. The highest BCUT2D eigenvalue weighted by molar-refractivity contribution is 6.12. The van der Waals surface area contributed by atoms with E-state index in [1.54, 1.807) is 0 Å². The van der Waals surface area contributed by atoms with Gasteiger partial charge in [0, 0.05) is 61.4 Å². The summed E-state index contributed by atoms with van der Waals surface area (Å²) in [4.78, 5) is 19.8. The van der Waals surface area contributed by atoms with Crippen LogP contribution in [0.4, 0.5) is 0 Å². The van der Waals surface area contributed by atoms with Gasteiger partial charge in [0.2, 0.25) is 0 Å². The Kier molecular flexibility index (Phi) is 8.52. The predicted octanol–water partition coefficient (Wildman–Crippen LogP) is 14.0. The summed E-state index contributed by atoms with van der Waals surface area (Å²) in [6, 6.07) is 64.2. The number of pyridine rings is 1. The molecule has 0 N–H and O–H groups in total. The smallest absolute Gasteiger partial charge is 0.164 e. The average Bonchev–Trinajstić information content (AvgIpc) is 3.87. The van der Waals surface area contributed by atoms with Crippen LogP contribution < -0.4 is 0 Å². The van der Waals surface area contributed by atoms with Gasteiger partial charge >= 0.3 is 0 Å². The Hall–Kier alpha value is -8.22. The summed E-state index contributed by atoms with van der Waals surface area (Å²) in [5.41, 5.74) is 14.1. The second kappa shape index (κ2) is 14.8. The number of para-hydroxylation sites is 2. The highest BCUT2D eigenvalue weighted by atomic mass is 15.0. The molecule has 0 saturated heterocycles. The van der Waals surface area contributed by atoms with E-state index < -0.39 is 0 Å². The molecule has 11 aromatic rings. The van der Waals surface area contributed by atoms with E-state index in [0.717, 1.165) is 63.1 Å². The quantitative estimate of drug-likeness (QED) is 0.161. The molecule has 4 heterocycles. The zero-order valence-corrected chi connectivity index (χ0v) is 33.7. The fourth-order valence-corrected chi connectivity index (χ4v) is 9.13. The Bertz CT molecular complexity index is 3520. The van der Waals surface area contributed by atoms with E-state index in [9.17, 15) is 0 Å². The SMILES string of the molecule is C1=CCCC(n2c3ccccc3c3ccc(-c4cccc(-n5c6ccccc6c6ccc(-c7cc(-c8nc(-c9ccccc9)nc(-c9ccccc9)n8)ccn7)cc65)c4)cc32)=C1. The number of aromatic nitrogens is 6. The Morgan fingerprint density at radius 2 is 0.935 bits per heavy atom. The number of hydrogen-bond donors (Lipinski definition) is 0. The van der Waals surface area contributed by atoms with E-state index in [4.69, 9.17) is 19.9 Å². The number of benzene rings is 7. The number of hydrogen-bond acceptors (Lipinski definition) is 4. The lowest BCUT2D eigenvalue weighted by atomic mass is 10.0. The van der Waals surface area contributed by atoms with E-state index in [1.807, 2.05) is 72.9 Å². The molecule has 6 nitrogen and oxygen atoms in total.